The molecule has 0 aliphatic heterocycles. The smallest absolute Gasteiger partial charge is 0.338 e. The van der Waals surface area contributed by atoms with Crippen LogP contribution in [-0.4, -0.2) is 24.8 Å². The van der Waals surface area contributed by atoms with Crippen molar-refractivity contribution in [3.05, 3.63) is 29.3 Å². The van der Waals surface area contributed by atoms with Crippen molar-refractivity contribution in [2.24, 2.45) is 5.92 Å². The molecule has 0 saturated carbocycles. The third-order valence-corrected chi connectivity index (χ3v) is 2.60. The van der Waals surface area contributed by atoms with Crippen molar-refractivity contribution in [3.63, 3.8) is 0 Å². The summed E-state index contributed by atoms with van der Waals surface area (Å²) >= 11 is 0. The molecule has 19 heavy (non-hydrogen) atoms. The summed E-state index contributed by atoms with van der Waals surface area (Å²) in [6.07, 6.45) is 0. The lowest BCUT2D eigenvalue weighted by atomic mass is 10.0. The summed E-state index contributed by atoms with van der Waals surface area (Å²) in [6, 6.07) is 4.67. The fourth-order valence-electron chi connectivity index (χ4n) is 1.59. The Balaban J connectivity index is 3.28. The first-order valence-electron chi connectivity index (χ1n) is 5.91. The fraction of sp³-hybridized carbons (Fsp3) is 0.357. The Kier molecular flexibility index (Phi) is 4.80. The minimum absolute atomic E-state index is 0.150. The lowest BCUT2D eigenvalue weighted by molar-refractivity contribution is -0.118. The van der Waals surface area contributed by atoms with Crippen LogP contribution < -0.4 is 5.32 Å². The monoisotopic (exact) mass is 263 g/mol. The molecular formula is C14H17NO4. The standard InChI is InChI=1S/C14H17NO4/c1-8(2)13(17)15-11-7-5-6-10(14(18)19-4)12(11)9(3)16/h5-8H,1-4H3,(H,15,17). The molecule has 5 heteroatoms. The minimum Gasteiger partial charge on any atom is -0.465 e. The van der Waals surface area contributed by atoms with E-state index in [0.29, 0.717) is 5.69 Å². The third-order valence-electron chi connectivity index (χ3n) is 2.60. The molecule has 5 nitrogen and oxygen atoms in total. The molecule has 0 heterocycles. The Labute approximate surface area is 111 Å². The van der Waals surface area contributed by atoms with Crippen LogP contribution in [0.15, 0.2) is 18.2 Å². The van der Waals surface area contributed by atoms with Crippen LogP contribution in [0.3, 0.4) is 0 Å². The van der Waals surface area contributed by atoms with E-state index in [4.69, 9.17) is 0 Å². The summed E-state index contributed by atoms with van der Waals surface area (Å²) in [6.45, 7) is 4.83. The van der Waals surface area contributed by atoms with E-state index in [2.05, 4.69) is 10.1 Å². The first kappa shape index (κ1) is 14.9. The molecule has 0 spiro atoms. The Hall–Kier alpha value is -2.17. The Morgan fingerprint density at radius 1 is 1.21 bits per heavy atom. The number of anilines is 1. The summed E-state index contributed by atoms with van der Waals surface area (Å²) in [4.78, 5) is 35.0. The summed E-state index contributed by atoms with van der Waals surface area (Å²) in [5, 5.41) is 2.64. The van der Waals surface area contributed by atoms with Gasteiger partial charge < -0.3 is 10.1 Å². The molecule has 0 radical (unpaired) electrons. The molecule has 0 aliphatic rings. The number of amides is 1. The van der Waals surface area contributed by atoms with Crippen LogP contribution >= 0.6 is 0 Å². The molecule has 1 aromatic carbocycles. The van der Waals surface area contributed by atoms with Crippen molar-refractivity contribution in [2.75, 3.05) is 12.4 Å². The Bertz CT molecular complexity index is 520. The van der Waals surface area contributed by atoms with Crippen LogP contribution in [0.5, 0.6) is 0 Å². The zero-order chi connectivity index (χ0) is 14.6. The molecule has 0 aromatic heterocycles. The second kappa shape index (κ2) is 6.13. The lowest BCUT2D eigenvalue weighted by Gasteiger charge is -2.13. The Morgan fingerprint density at radius 3 is 2.32 bits per heavy atom. The molecule has 0 fully saturated rings. The van der Waals surface area contributed by atoms with Crippen LogP contribution in [0.2, 0.25) is 0 Å². The number of Topliss-reactive ketones (excluding diaryl/α,β-unsaturated/α-hetero) is 1. The molecule has 1 aromatic rings. The first-order chi connectivity index (χ1) is 8.88. The van der Waals surface area contributed by atoms with E-state index in [1.54, 1.807) is 26.0 Å². The normalized spacial score (nSPS) is 10.2. The second-order valence-corrected chi connectivity index (χ2v) is 4.42. The average Bonchev–Trinajstić information content (AvgIpc) is 2.36. The summed E-state index contributed by atoms with van der Waals surface area (Å²) < 4.78 is 4.63. The van der Waals surface area contributed by atoms with Gasteiger partial charge in [0.05, 0.1) is 23.9 Å². The Morgan fingerprint density at radius 2 is 1.84 bits per heavy atom. The van der Waals surface area contributed by atoms with Crippen molar-refractivity contribution in [1.82, 2.24) is 0 Å². The zero-order valence-electron chi connectivity index (χ0n) is 11.4. The van der Waals surface area contributed by atoms with Crippen molar-refractivity contribution in [3.8, 4) is 0 Å². The highest BCUT2D eigenvalue weighted by atomic mass is 16.5. The second-order valence-electron chi connectivity index (χ2n) is 4.42. The highest BCUT2D eigenvalue weighted by molar-refractivity contribution is 6.11. The molecule has 0 atom stereocenters. The van der Waals surface area contributed by atoms with E-state index >= 15 is 0 Å². The maximum Gasteiger partial charge on any atom is 0.338 e. The van der Waals surface area contributed by atoms with Gasteiger partial charge in [-0.1, -0.05) is 19.9 Å². The third kappa shape index (κ3) is 3.40. The number of benzene rings is 1. The quantitative estimate of drug-likeness (QED) is 0.668. The summed E-state index contributed by atoms with van der Waals surface area (Å²) in [5.41, 5.74) is 0.647. The highest BCUT2D eigenvalue weighted by Crippen LogP contribution is 2.22. The van der Waals surface area contributed by atoms with Crippen LogP contribution in [-0.2, 0) is 9.53 Å². The van der Waals surface area contributed by atoms with Gasteiger partial charge in [-0.3, -0.25) is 9.59 Å². The number of nitrogens with one attached hydrogen (secondary N) is 1. The van der Waals surface area contributed by atoms with Gasteiger partial charge in [-0.15, -0.1) is 0 Å². The molecule has 0 unspecified atom stereocenters. The van der Waals surface area contributed by atoms with Gasteiger partial charge in [-0.05, 0) is 19.1 Å². The van der Waals surface area contributed by atoms with E-state index in [1.807, 2.05) is 0 Å². The molecule has 0 saturated heterocycles. The van der Waals surface area contributed by atoms with Crippen LogP contribution in [0.1, 0.15) is 41.5 Å². The maximum absolute atomic E-state index is 11.7. The van der Waals surface area contributed by atoms with Crippen molar-refractivity contribution < 1.29 is 19.1 Å². The van der Waals surface area contributed by atoms with E-state index in [0.717, 1.165) is 0 Å². The van der Waals surface area contributed by atoms with E-state index in [-0.39, 0.29) is 28.7 Å². The van der Waals surface area contributed by atoms with Crippen molar-refractivity contribution in [2.45, 2.75) is 20.8 Å². The predicted octanol–water partition coefficient (Wildman–Crippen LogP) is 2.27. The van der Waals surface area contributed by atoms with Gasteiger partial charge in [0, 0.05) is 5.92 Å². The highest BCUT2D eigenvalue weighted by Gasteiger charge is 2.20. The van der Waals surface area contributed by atoms with E-state index in [9.17, 15) is 14.4 Å². The largest absolute Gasteiger partial charge is 0.465 e. The number of rotatable bonds is 4. The number of methoxy groups -OCH3 is 1. The van der Waals surface area contributed by atoms with Crippen LogP contribution in [0.25, 0.3) is 0 Å². The number of ketones is 1. The molecule has 1 amide bonds. The topological polar surface area (TPSA) is 72.5 Å². The van der Waals surface area contributed by atoms with Gasteiger partial charge >= 0.3 is 5.97 Å². The molecule has 0 aliphatic carbocycles. The zero-order valence-corrected chi connectivity index (χ0v) is 11.4. The van der Waals surface area contributed by atoms with Gasteiger partial charge in [0.25, 0.3) is 0 Å². The maximum atomic E-state index is 11.7. The van der Waals surface area contributed by atoms with Gasteiger partial charge in [-0.25, -0.2) is 4.79 Å². The molecule has 1 N–H and O–H groups in total. The van der Waals surface area contributed by atoms with Crippen molar-refractivity contribution in [1.29, 1.82) is 0 Å². The molecule has 1 rings (SSSR count). The molecular weight excluding hydrogens is 246 g/mol. The minimum atomic E-state index is -0.606. The fourth-order valence-corrected chi connectivity index (χ4v) is 1.59. The van der Waals surface area contributed by atoms with Crippen LogP contribution in [0, 0.1) is 5.92 Å². The number of carbonyl (C=O) groups is 3. The molecule has 0 bridgehead atoms. The van der Waals surface area contributed by atoms with Gasteiger partial charge in [0.1, 0.15) is 0 Å². The summed E-state index contributed by atoms with van der Waals surface area (Å²) in [7, 11) is 1.24. The molecule has 102 valence electrons. The van der Waals surface area contributed by atoms with E-state index in [1.165, 1.54) is 20.1 Å². The number of hydrogen-bond donors (Lipinski definition) is 1. The van der Waals surface area contributed by atoms with Gasteiger partial charge in [-0.2, -0.15) is 0 Å². The first-order valence-corrected chi connectivity index (χ1v) is 5.91. The number of carbonyl (C=O) groups excluding carboxylic acids is 3. The number of ether oxygens (including phenoxy) is 1. The van der Waals surface area contributed by atoms with Gasteiger partial charge in [0.15, 0.2) is 5.78 Å². The number of hydrogen-bond acceptors (Lipinski definition) is 4. The average molecular weight is 263 g/mol. The van der Waals surface area contributed by atoms with E-state index < -0.39 is 5.97 Å². The SMILES string of the molecule is COC(=O)c1cccc(NC(=O)C(C)C)c1C(C)=O. The predicted molar refractivity (Wildman–Crippen MR) is 71.3 cm³/mol. The number of esters is 1. The van der Waals surface area contributed by atoms with Crippen molar-refractivity contribution >= 4 is 23.3 Å². The summed E-state index contributed by atoms with van der Waals surface area (Å²) in [5.74, 6) is -1.35. The van der Waals surface area contributed by atoms with Crippen LogP contribution in [0.4, 0.5) is 5.69 Å². The lowest BCUT2D eigenvalue weighted by Crippen LogP contribution is -2.20. The van der Waals surface area contributed by atoms with Gasteiger partial charge in [0.2, 0.25) is 5.91 Å².